The van der Waals surface area contributed by atoms with E-state index in [9.17, 15) is 18.3 Å². The molecule has 0 saturated heterocycles. The van der Waals surface area contributed by atoms with Crippen LogP contribution < -0.4 is 14.6 Å². The van der Waals surface area contributed by atoms with Crippen LogP contribution in [-0.2, 0) is 14.8 Å². The minimum absolute atomic E-state index is 0.00635. The van der Waals surface area contributed by atoms with Crippen molar-refractivity contribution in [2.45, 2.75) is 30.7 Å². The monoisotopic (exact) mass is 396 g/mol. The van der Waals surface area contributed by atoms with Gasteiger partial charge < -0.3 is 14.6 Å². The van der Waals surface area contributed by atoms with Gasteiger partial charge in [-0.2, -0.15) is 0 Å². The first kappa shape index (κ1) is 20.2. The number of aliphatic carboxylic acids is 1. The second-order valence-corrected chi connectivity index (χ2v) is 7.77. The number of rotatable bonds is 9. The number of carboxylic acid groups (broad SMARTS) is 1. The molecule has 0 amide bonds. The molecule has 140 valence electrons. The van der Waals surface area contributed by atoms with E-state index in [0.717, 1.165) is 6.42 Å². The summed E-state index contributed by atoms with van der Waals surface area (Å²) in [5.41, 5.74) is 0.496. The highest BCUT2D eigenvalue weighted by Crippen LogP contribution is 2.23. The van der Waals surface area contributed by atoms with Gasteiger partial charge in [-0.25, -0.2) is 13.1 Å². The second-order valence-electron chi connectivity index (χ2n) is 5.62. The van der Waals surface area contributed by atoms with Crippen molar-refractivity contribution in [3.63, 3.8) is 0 Å². The molecule has 0 radical (unpaired) electrons. The molecule has 0 aromatic heterocycles. The smallest absolute Gasteiger partial charge is 0.241 e. The number of hydrogen-bond donors (Lipinski definition) is 1. The van der Waals surface area contributed by atoms with Gasteiger partial charge in [0, 0.05) is 17.4 Å². The number of hydrogen-bond acceptors (Lipinski definition) is 5. The first-order valence-electron chi connectivity index (χ1n) is 8.02. The molecule has 0 fully saturated rings. The third-order valence-electron chi connectivity index (χ3n) is 3.55. The highest BCUT2D eigenvalue weighted by Gasteiger charge is 2.22. The van der Waals surface area contributed by atoms with Gasteiger partial charge in [-0.15, -0.1) is 0 Å². The molecular weight excluding hydrogens is 378 g/mol. The molecule has 1 N–H and O–H groups in total. The van der Waals surface area contributed by atoms with E-state index in [0.29, 0.717) is 22.9 Å². The molecule has 8 heteroatoms. The fraction of sp³-hybridized carbons (Fsp3) is 0.278. The number of carbonyl (C=O) groups excluding carboxylic acids is 1. The Kier molecular flexibility index (Phi) is 7.02. The molecule has 0 unspecified atom stereocenters. The van der Waals surface area contributed by atoms with Crippen molar-refractivity contribution in [3.05, 3.63) is 59.1 Å². The summed E-state index contributed by atoms with van der Waals surface area (Å²) < 4.78 is 32.9. The van der Waals surface area contributed by atoms with Crippen molar-refractivity contribution in [1.82, 2.24) is 4.72 Å². The predicted molar refractivity (Wildman–Crippen MR) is 96.4 cm³/mol. The van der Waals surface area contributed by atoms with Gasteiger partial charge in [0.05, 0.1) is 17.5 Å². The fourth-order valence-corrected chi connectivity index (χ4v) is 3.63. The van der Waals surface area contributed by atoms with E-state index >= 15 is 0 Å². The Hall–Kier alpha value is -2.09. The summed E-state index contributed by atoms with van der Waals surface area (Å²) >= 11 is 5.77. The van der Waals surface area contributed by atoms with E-state index in [-0.39, 0.29) is 4.90 Å². The van der Waals surface area contributed by atoms with Crippen LogP contribution in [0.3, 0.4) is 0 Å². The maximum atomic E-state index is 12.5. The fourth-order valence-electron chi connectivity index (χ4n) is 2.28. The summed E-state index contributed by atoms with van der Waals surface area (Å²) in [4.78, 5) is 11.1. The Morgan fingerprint density at radius 2 is 1.77 bits per heavy atom. The number of benzene rings is 2. The third-order valence-corrected chi connectivity index (χ3v) is 5.29. The van der Waals surface area contributed by atoms with Crippen molar-refractivity contribution in [2.75, 3.05) is 6.61 Å². The summed E-state index contributed by atoms with van der Waals surface area (Å²) in [5, 5.41) is 11.5. The minimum atomic E-state index is -3.93. The van der Waals surface area contributed by atoms with E-state index in [1.54, 1.807) is 24.3 Å². The number of halogens is 1. The number of carboxylic acids is 1. The van der Waals surface area contributed by atoms with Crippen LogP contribution in [0.2, 0.25) is 5.02 Å². The predicted octanol–water partition coefficient (Wildman–Crippen LogP) is 2.29. The molecule has 2 aromatic rings. The van der Waals surface area contributed by atoms with Crippen molar-refractivity contribution in [2.24, 2.45) is 0 Å². The maximum Gasteiger partial charge on any atom is 0.241 e. The maximum absolute atomic E-state index is 12.5. The van der Waals surface area contributed by atoms with Gasteiger partial charge in [0.2, 0.25) is 10.0 Å². The van der Waals surface area contributed by atoms with Gasteiger partial charge in [-0.3, -0.25) is 0 Å². The molecule has 26 heavy (non-hydrogen) atoms. The lowest BCUT2D eigenvalue weighted by Gasteiger charge is -2.20. The summed E-state index contributed by atoms with van der Waals surface area (Å²) in [6.07, 6.45) is 0.359. The Morgan fingerprint density at radius 3 is 2.31 bits per heavy atom. The first-order valence-corrected chi connectivity index (χ1v) is 9.88. The molecule has 2 rings (SSSR count). The van der Waals surface area contributed by atoms with Crippen molar-refractivity contribution in [1.29, 1.82) is 0 Å². The molecule has 0 spiro atoms. The summed E-state index contributed by atoms with van der Waals surface area (Å²) in [7, 11) is -3.93. The van der Waals surface area contributed by atoms with E-state index in [4.69, 9.17) is 16.3 Å². The van der Waals surface area contributed by atoms with Crippen LogP contribution in [0.15, 0.2) is 53.4 Å². The number of sulfonamides is 1. The van der Waals surface area contributed by atoms with Gasteiger partial charge in [-0.1, -0.05) is 30.7 Å². The number of ether oxygens (including phenoxy) is 1. The Balaban J connectivity index is 2.24. The zero-order chi connectivity index (χ0) is 19.2. The topological polar surface area (TPSA) is 95.5 Å². The zero-order valence-corrected chi connectivity index (χ0v) is 15.7. The van der Waals surface area contributed by atoms with Gasteiger partial charge in [-0.05, 0) is 48.4 Å². The van der Waals surface area contributed by atoms with Gasteiger partial charge >= 0.3 is 0 Å². The molecule has 0 bridgehead atoms. The lowest BCUT2D eigenvalue weighted by Crippen LogP contribution is -2.34. The average molecular weight is 397 g/mol. The molecule has 0 aliphatic rings. The quantitative estimate of drug-likeness (QED) is 0.701. The SMILES string of the molecule is CCCOc1ccc([C@@H](CC(=O)[O-])NS(=O)(=O)c2ccc(Cl)cc2)cc1. The Bertz CT molecular complexity index is 835. The van der Waals surface area contributed by atoms with E-state index < -0.39 is 28.5 Å². The molecule has 1 atom stereocenters. The zero-order valence-electron chi connectivity index (χ0n) is 14.1. The minimum Gasteiger partial charge on any atom is -0.550 e. The first-order chi connectivity index (χ1) is 12.3. The van der Waals surface area contributed by atoms with Gasteiger partial charge in [0.15, 0.2) is 0 Å². The summed E-state index contributed by atoms with van der Waals surface area (Å²) in [5.74, 6) is -0.733. The van der Waals surface area contributed by atoms with Crippen LogP contribution in [-0.4, -0.2) is 21.0 Å². The van der Waals surface area contributed by atoms with E-state index in [2.05, 4.69) is 4.72 Å². The summed E-state index contributed by atoms with van der Waals surface area (Å²) in [6.45, 7) is 2.54. The van der Waals surface area contributed by atoms with Gasteiger partial charge in [0.25, 0.3) is 0 Å². The highest BCUT2D eigenvalue weighted by molar-refractivity contribution is 7.89. The van der Waals surface area contributed by atoms with Crippen LogP contribution in [0.25, 0.3) is 0 Å². The van der Waals surface area contributed by atoms with Crippen LogP contribution in [0.4, 0.5) is 0 Å². The highest BCUT2D eigenvalue weighted by atomic mass is 35.5. The number of nitrogens with one attached hydrogen (secondary N) is 1. The number of carbonyl (C=O) groups is 1. The van der Waals surface area contributed by atoms with E-state index in [1.807, 2.05) is 6.92 Å². The lowest BCUT2D eigenvalue weighted by molar-refractivity contribution is -0.306. The molecule has 0 aliphatic carbocycles. The van der Waals surface area contributed by atoms with Crippen LogP contribution in [0.5, 0.6) is 5.75 Å². The summed E-state index contributed by atoms with van der Waals surface area (Å²) in [6, 6.07) is 11.2. The Morgan fingerprint density at radius 1 is 1.15 bits per heavy atom. The van der Waals surface area contributed by atoms with Crippen LogP contribution >= 0.6 is 11.6 Å². The van der Waals surface area contributed by atoms with Gasteiger partial charge in [0.1, 0.15) is 5.75 Å². The van der Waals surface area contributed by atoms with Crippen LogP contribution in [0.1, 0.15) is 31.4 Å². The molecule has 0 aliphatic heterocycles. The largest absolute Gasteiger partial charge is 0.550 e. The molecule has 0 heterocycles. The standard InChI is InChI=1S/C18H20ClNO5S/c1-2-11-25-15-7-3-13(4-8-15)17(12-18(21)22)20-26(23,24)16-9-5-14(19)6-10-16/h3-10,17,20H,2,11-12H2,1H3,(H,21,22)/p-1/t17-/m1/s1. The molecule has 0 saturated carbocycles. The second kappa shape index (κ2) is 9.02. The van der Waals surface area contributed by atoms with Crippen molar-refractivity contribution >= 4 is 27.6 Å². The molecule has 6 nitrogen and oxygen atoms in total. The Labute approximate surface area is 157 Å². The lowest BCUT2D eigenvalue weighted by atomic mass is 10.0. The molecular formula is C18H19ClNO5S-. The van der Waals surface area contributed by atoms with Crippen LogP contribution in [0, 0.1) is 0 Å². The third kappa shape index (κ3) is 5.72. The molecule has 2 aromatic carbocycles. The average Bonchev–Trinajstić information content (AvgIpc) is 2.59. The normalized spacial score (nSPS) is 12.5. The van der Waals surface area contributed by atoms with E-state index in [1.165, 1.54) is 24.3 Å². The van der Waals surface area contributed by atoms with Crippen molar-refractivity contribution < 1.29 is 23.1 Å². The van der Waals surface area contributed by atoms with Crippen molar-refractivity contribution in [3.8, 4) is 5.75 Å².